The Bertz CT molecular complexity index is 1030. The zero-order valence-corrected chi connectivity index (χ0v) is 13.9. The molecule has 1 unspecified atom stereocenters. The lowest BCUT2D eigenvalue weighted by Gasteiger charge is -2.10. The van der Waals surface area contributed by atoms with E-state index in [2.05, 4.69) is 21.5 Å². The monoisotopic (exact) mass is 342 g/mol. The number of aromatic nitrogens is 3. The second kappa shape index (κ2) is 7.29. The first kappa shape index (κ1) is 16.9. The third kappa shape index (κ3) is 3.42. The first-order chi connectivity index (χ1) is 12.6. The van der Waals surface area contributed by atoms with Crippen LogP contribution in [-0.2, 0) is 0 Å². The van der Waals surface area contributed by atoms with Gasteiger partial charge in [-0.2, -0.15) is 15.6 Å². The van der Waals surface area contributed by atoms with Gasteiger partial charge in [0.15, 0.2) is 0 Å². The van der Waals surface area contributed by atoms with Gasteiger partial charge < -0.3 is 5.32 Å². The molecule has 0 aliphatic heterocycles. The maximum atomic E-state index is 12.4. The van der Waals surface area contributed by atoms with Crippen LogP contribution in [0.15, 0.2) is 54.9 Å². The highest BCUT2D eigenvalue weighted by atomic mass is 16.1. The number of carbonyl (C=O) groups excluding carboxylic acids is 1. The fourth-order valence-corrected chi connectivity index (χ4v) is 2.41. The number of nitrogens with zero attached hydrogens (tertiary/aromatic N) is 5. The maximum absolute atomic E-state index is 12.4. The minimum atomic E-state index is -0.863. The van der Waals surface area contributed by atoms with Gasteiger partial charge >= 0.3 is 0 Å². The minimum absolute atomic E-state index is 0.150. The molecule has 0 aliphatic rings. The minimum Gasteiger partial charge on any atom is -0.331 e. The molecule has 0 aliphatic carbocycles. The van der Waals surface area contributed by atoms with E-state index in [1.54, 1.807) is 24.0 Å². The summed E-state index contributed by atoms with van der Waals surface area (Å²) in [5.41, 5.74) is 2.44. The van der Waals surface area contributed by atoms with Crippen LogP contribution >= 0.6 is 0 Å². The molecule has 0 spiro atoms. The highest BCUT2D eigenvalue weighted by molar-refractivity contribution is 5.92. The van der Waals surface area contributed by atoms with E-state index in [9.17, 15) is 10.1 Å². The van der Waals surface area contributed by atoms with Gasteiger partial charge in [-0.15, -0.1) is 0 Å². The topological polar surface area (TPSA) is 107 Å². The summed E-state index contributed by atoms with van der Waals surface area (Å²) in [6, 6.07) is 15.6. The third-order valence-electron chi connectivity index (χ3n) is 3.80. The summed E-state index contributed by atoms with van der Waals surface area (Å²) in [5, 5.41) is 25.2. The SMILES string of the molecule is Cc1nc(C(=O)NC(C#N)c2cnn(-c3ccccc3)c2)ccc1C#N. The zero-order chi connectivity index (χ0) is 18.5. The van der Waals surface area contributed by atoms with Crippen LogP contribution in [0.25, 0.3) is 5.69 Å². The van der Waals surface area contributed by atoms with Gasteiger partial charge in [0, 0.05) is 11.8 Å². The third-order valence-corrected chi connectivity index (χ3v) is 3.80. The van der Waals surface area contributed by atoms with Crippen molar-refractivity contribution in [2.45, 2.75) is 13.0 Å². The number of pyridine rings is 1. The van der Waals surface area contributed by atoms with Crippen LogP contribution in [0.1, 0.15) is 33.4 Å². The fraction of sp³-hybridized carbons (Fsp3) is 0.105. The number of carbonyl (C=O) groups is 1. The molecule has 0 radical (unpaired) electrons. The van der Waals surface area contributed by atoms with E-state index in [0.717, 1.165) is 5.69 Å². The summed E-state index contributed by atoms with van der Waals surface area (Å²) in [7, 11) is 0. The van der Waals surface area contributed by atoms with Crippen molar-refractivity contribution < 1.29 is 4.79 Å². The van der Waals surface area contributed by atoms with Crippen molar-refractivity contribution in [1.29, 1.82) is 10.5 Å². The lowest BCUT2D eigenvalue weighted by atomic mass is 10.1. The van der Waals surface area contributed by atoms with Gasteiger partial charge in [0.05, 0.1) is 29.2 Å². The Balaban J connectivity index is 1.79. The number of nitrogens with one attached hydrogen (secondary N) is 1. The van der Waals surface area contributed by atoms with Crippen molar-refractivity contribution in [1.82, 2.24) is 20.1 Å². The van der Waals surface area contributed by atoms with Gasteiger partial charge in [-0.05, 0) is 31.2 Å². The van der Waals surface area contributed by atoms with Crippen molar-refractivity contribution in [3.05, 3.63) is 77.4 Å². The smallest absolute Gasteiger partial charge is 0.271 e. The van der Waals surface area contributed by atoms with Gasteiger partial charge in [-0.25, -0.2) is 9.67 Å². The molecule has 1 atom stereocenters. The summed E-state index contributed by atoms with van der Waals surface area (Å²) in [6.45, 7) is 1.65. The molecule has 0 bridgehead atoms. The zero-order valence-electron chi connectivity index (χ0n) is 13.9. The molecule has 0 saturated heterocycles. The van der Waals surface area contributed by atoms with Gasteiger partial charge in [-0.3, -0.25) is 4.79 Å². The van der Waals surface area contributed by atoms with Crippen molar-refractivity contribution in [3.8, 4) is 17.8 Å². The van der Waals surface area contributed by atoms with Gasteiger partial charge in [-0.1, -0.05) is 18.2 Å². The summed E-state index contributed by atoms with van der Waals surface area (Å²) in [6.07, 6.45) is 3.24. The van der Waals surface area contributed by atoms with E-state index in [4.69, 9.17) is 5.26 Å². The average Bonchev–Trinajstić information content (AvgIpc) is 3.16. The summed E-state index contributed by atoms with van der Waals surface area (Å²) in [5.74, 6) is -0.489. The van der Waals surface area contributed by atoms with Crippen molar-refractivity contribution >= 4 is 5.91 Å². The van der Waals surface area contributed by atoms with E-state index in [1.807, 2.05) is 36.4 Å². The predicted molar refractivity (Wildman–Crippen MR) is 93.1 cm³/mol. The van der Waals surface area contributed by atoms with E-state index in [1.165, 1.54) is 12.1 Å². The molecule has 1 amide bonds. The number of hydrogen-bond donors (Lipinski definition) is 1. The van der Waals surface area contributed by atoms with Crippen LogP contribution in [0.4, 0.5) is 0 Å². The number of amides is 1. The van der Waals surface area contributed by atoms with Crippen molar-refractivity contribution in [3.63, 3.8) is 0 Å². The molecule has 2 heterocycles. The Kier molecular flexibility index (Phi) is 4.73. The molecule has 3 rings (SSSR count). The van der Waals surface area contributed by atoms with E-state index < -0.39 is 11.9 Å². The maximum Gasteiger partial charge on any atom is 0.271 e. The Hall–Kier alpha value is -3.97. The summed E-state index contributed by atoms with van der Waals surface area (Å²) in [4.78, 5) is 16.5. The number of rotatable bonds is 4. The molecule has 1 aromatic carbocycles. The highest BCUT2D eigenvalue weighted by Gasteiger charge is 2.18. The Labute approximate surface area is 150 Å². The fourth-order valence-electron chi connectivity index (χ4n) is 2.41. The number of nitriles is 2. The molecule has 126 valence electrons. The average molecular weight is 342 g/mol. The number of hydrogen-bond acceptors (Lipinski definition) is 5. The van der Waals surface area contributed by atoms with E-state index >= 15 is 0 Å². The van der Waals surface area contributed by atoms with Crippen LogP contribution in [-0.4, -0.2) is 20.7 Å². The Morgan fingerprint density at radius 2 is 1.96 bits per heavy atom. The normalized spacial score (nSPS) is 11.2. The standard InChI is InChI=1S/C19H14N6O/c1-13-14(9-20)7-8-17(23-13)19(26)24-18(10-21)15-11-22-25(12-15)16-5-3-2-4-6-16/h2-8,11-12,18H,1H3,(H,24,26). The Morgan fingerprint density at radius 3 is 2.62 bits per heavy atom. The van der Waals surface area contributed by atoms with Crippen molar-refractivity contribution in [2.75, 3.05) is 0 Å². The van der Waals surface area contributed by atoms with Crippen LogP contribution in [0.2, 0.25) is 0 Å². The molecule has 0 saturated carbocycles. The molecule has 2 aromatic heterocycles. The lowest BCUT2D eigenvalue weighted by Crippen LogP contribution is -2.28. The molecule has 26 heavy (non-hydrogen) atoms. The van der Waals surface area contributed by atoms with Crippen molar-refractivity contribution in [2.24, 2.45) is 0 Å². The van der Waals surface area contributed by atoms with Crippen LogP contribution in [0, 0.1) is 29.6 Å². The highest BCUT2D eigenvalue weighted by Crippen LogP contribution is 2.15. The first-order valence-electron chi connectivity index (χ1n) is 7.80. The van der Waals surface area contributed by atoms with Crippen LogP contribution in [0.3, 0.4) is 0 Å². The quantitative estimate of drug-likeness (QED) is 0.783. The number of aryl methyl sites for hydroxylation is 1. The summed E-state index contributed by atoms with van der Waals surface area (Å²) < 4.78 is 1.63. The van der Waals surface area contributed by atoms with Gasteiger partial charge in [0.25, 0.3) is 5.91 Å². The molecule has 0 fully saturated rings. The number of para-hydroxylation sites is 1. The second-order valence-corrected chi connectivity index (χ2v) is 5.53. The number of benzene rings is 1. The van der Waals surface area contributed by atoms with Crippen LogP contribution < -0.4 is 5.32 Å². The molecule has 1 N–H and O–H groups in total. The second-order valence-electron chi connectivity index (χ2n) is 5.53. The summed E-state index contributed by atoms with van der Waals surface area (Å²) >= 11 is 0. The largest absolute Gasteiger partial charge is 0.331 e. The molecule has 3 aromatic rings. The predicted octanol–water partition coefficient (Wildman–Crippen LogP) is 2.44. The Morgan fingerprint density at radius 1 is 1.19 bits per heavy atom. The van der Waals surface area contributed by atoms with Gasteiger partial charge in [0.2, 0.25) is 0 Å². The molecule has 7 heteroatoms. The molecule has 7 nitrogen and oxygen atoms in total. The first-order valence-corrected chi connectivity index (χ1v) is 7.80. The van der Waals surface area contributed by atoms with Crippen LogP contribution in [0.5, 0.6) is 0 Å². The van der Waals surface area contributed by atoms with Gasteiger partial charge in [0.1, 0.15) is 17.8 Å². The van der Waals surface area contributed by atoms with E-state index in [-0.39, 0.29) is 5.69 Å². The van der Waals surface area contributed by atoms with E-state index in [0.29, 0.717) is 16.8 Å². The molecular weight excluding hydrogens is 328 g/mol. The molecular formula is C19H14N6O. The lowest BCUT2D eigenvalue weighted by molar-refractivity contribution is 0.0940.